The molecule has 1 saturated heterocycles. The Morgan fingerprint density at radius 1 is 0.955 bits per heavy atom. The van der Waals surface area contributed by atoms with Crippen molar-refractivity contribution in [1.82, 2.24) is 4.90 Å². The van der Waals surface area contributed by atoms with E-state index in [1.54, 1.807) is 0 Å². The Bertz CT molecular complexity index is 674. The predicted molar refractivity (Wildman–Crippen MR) is 89.4 cm³/mol. The van der Waals surface area contributed by atoms with Crippen molar-refractivity contribution in [2.45, 2.75) is 13.0 Å². The molecule has 1 heterocycles. The molecule has 2 bridgehead atoms. The normalized spacial score (nSPS) is 40.9. The smallest absolute Gasteiger partial charge is 0.234 e. The first-order valence-corrected chi connectivity index (χ1v) is 9.01. The van der Waals surface area contributed by atoms with Crippen molar-refractivity contribution in [2.75, 3.05) is 0 Å². The van der Waals surface area contributed by atoms with Crippen molar-refractivity contribution >= 4 is 34.4 Å². The molecule has 1 aliphatic heterocycles. The van der Waals surface area contributed by atoms with Gasteiger partial charge in [0.2, 0.25) is 11.8 Å². The third-order valence-corrected chi connectivity index (χ3v) is 6.73. The summed E-state index contributed by atoms with van der Waals surface area (Å²) in [6.07, 6.45) is 5.66. The Hall–Kier alpha value is -1.17. The SMILES string of the molecule is O=C1[C@@H]2[C@H]3C=C[C@@H]([C@@H]4C[C@@H]34)[C@H]2C(=O)N1Cc1ccc(I)cc1. The van der Waals surface area contributed by atoms with Crippen molar-refractivity contribution in [3.63, 3.8) is 0 Å². The molecule has 112 valence electrons. The van der Waals surface area contributed by atoms with Crippen molar-refractivity contribution < 1.29 is 9.59 Å². The topological polar surface area (TPSA) is 37.4 Å². The summed E-state index contributed by atoms with van der Waals surface area (Å²) in [5, 5.41) is 0. The summed E-state index contributed by atoms with van der Waals surface area (Å²) in [6.45, 7) is 0.427. The first-order valence-electron chi connectivity index (χ1n) is 7.93. The van der Waals surface area contributed by atoms with E-state index in [2.05, 4.69) is 34.7 Å². The van der Waals surface area contributed by atoms with Gasteiger partial charge in [-0.3, -0.25) is 14.5 Å². The van der Waals surface area contributed by atoms with E-state index in [1.807, 2.05) is 24.3 Å². The molecule has 2 saturated carbocycles. The largest absolute Gasteiger partial charge is 0.278 e. The van der Waals surface area contributed by atoms with Crippen LogP contribution in [0.2, 0.25) is 0 Å². The van der Waals surface area contributed by atoms with Gasteiger partial charge in [0.25, 0.3) is 0 Å². The van der Waals surface area contributed by atoms with E-state index < -0.39 is 0 Å². The monoisotopic (exact) mass is 405 g/mol. The van der Waals surface area contributed by atoms with Gasteiger partial charge in [-0.2, -0.15) is 0 Å². The van der Waals surface area contributed by atoms with Crippen LogP contribution < -0.4 is 0 Å². The molecule has 0 aromatic heterocycles. The van der Waals surface area contributed by atoms with Crippen LogP contribution in [0.5, 0.6) is 0 Å². The highest BCUT2D eigenvalue weighted by molar-refractivity contribution is 14.1. The molecule has 2 amide bonds. The van der Waals surface area contributed by atoms with Gasteiger partial charge in [0.1, 0.15) is 0 Å². The van der Waals surface area contributed by atoms with Gasteiger partial charge in [0.05, 0.1) is 18.4 Å². The number of hydrogen-bond donors (Lipinski definition) is 0. The Morgan fingerprint density at radius 2 is 1.50 bits per heavy atom. The molecule has 4 aliphatic carbocycles. The summed E-state index contributed by atoms with van der Waals surface area (Å²) >= 11 is 2.26. The Labute approximate surface area is 142 Å². The molecule has 5 aliphatic rings. The second-order valence-corrected chi connectivity index (χ2v) is 8.29. The molecule has 0 N–H and O–H groups in total. The van der Waals surface area contributed by atoms with E-state index in [9.17, 15) is 9.59 Å². The second-order valence-electron chi connectivity index (χ2n) is 7.04. The molecule has 0 unspecified atom stereocenters. The lowest BCUT2D eigenvalue weighted by Gasteiger charge is -2.37. The van der Waals surface area contributed by atoms with Gasteiger partial charge in [0.15, 0.2) is 0 Å². The van der Waals surface area contributed by atoms with Crippen molar-refractivity contribution in [3.05, 3.63) is 45.6 Å². The maximum absolute atomic E-state index is 12.8. The fourth-order valence-corrected chi connectivity index (χ4v) is 5.31. The highest BCUT2D eigenvalue weighted by atomic mass is 127. The second kappa shape index (κ2) is 4.43. The number of carbonyl (C=O) groups is 2. The maximum Gasteiger partial charge on any atom is 0.234 e. The van der Waals surface area contributed by atoms with E-state index in [-0.39, 0.29) is 23.7 Å². The minimum absolute atomic E-state index is 0.0678. The molecular formula is C18H16INO2. The Morgan fingerprint density at radius 3 is 2.05 bits per heavy atom. The molecule has 1 aromatic carbocycles. The number of nitrogens with zero attached hydrogens (tertiary/aromatic N) is 1. The van der Waals surface area contributed by atoms with Gasteiger partial charge in [-0.05, 0) is 70.4 Å². The van der Waals surface area contributed by atoms with Gasteiger partial charge in [-0.1, -0.05) is 24.3 Å². The summed E-state index contributed by atoms with van der Waals surface area (Å²) in [5.74, 6) is 1.97. The Balaban J connectivity index is 1.46. The highest BCUT2D eigenvalue weighted by Crippen LogP contribution is 2.65. The molecule has 1 aromatic rings. The number of rotatable bonds is 2. The summed E-state index contributed by atoms with van der Waals surface area (Å²) in [5.41, 5.74) is 1.03. The molecule has 22 heavy (non-hydrogen) atoms. The van der Waals surface area contributed by atoms with Crippen LogP contribution in [0.1, 0.15) is 12.0 Å². The average molecular weight is 405 g/mol. The molecule has 4 heteroatoms. The highest BCUT2D eigenvalue weighted by Gasteiger charge is 2.66. The number of amides is 2. The van der Waals surface area contributed by atoms with Gasteiger partial charge in [-0.15, -0.1) is 0 Å². The van der Waals surface area contributed by atoms with Crippen LogP contribution >= 0.6 is 22.6 Å². The quantitative estimate of drug-likeness (QED) is 0.431. The average Bonchev–Trinajstić information content (AvgIpc) is 3.30. The fourth-order valence-electron chi connectivity index (χ4n) is 4.95. The lowest BCUT2D eigenvalue weighted by atomic mass is 9.63. The number of benzene rings is 1. The van der Waals surface area contributed by atoms with E-state index in [0.29, 0.717) is 30.2 Å². The third-order valence-electron chi connectivity index (χ3n) is 6.01. The number of likely N-dealkylation sites (tertiary alicyclic amines) is 1. The molecule has 6 rings (SSSR count). The zero-order valence-corrected chi connectivity index (χ0v) is 14.1. The minimum Gasteiger partial charge on any atom is -0.278 e. The number of allylic oxidation sites excluding steroid dienone is 2. The number of hydrogen-bond acceptors (Lipinski definition) is 2. The van der Waals surface area contributed by atoms with E-state index in [1.165, 1.54) is 11.3 Å². The van der Waals surface area contributed by atoms with Gasteiger partial charge < -0.3 is 0 Å². The fraction of sp³-hybridized carbons (Fsp3) is 0.444. The number of carbonyl (C=O) groups excluding carboxylic acids is 2. The first kappa shape index (κ1) is 13.3. The van der Waals surface area contributed by atoms with Gasteiger partial charge in [0, 0.05) is 3.57 Å². The minimum atomic E-state index is -0.0740. The van der Waals surface area contributed by atoms with Crippen LogP contribution in [-0.4, -0.2) is 16.7 Å². The van der Waals surface area contributed by atoms with Crippen LogP contribution in [-0.2, 0) is 16.1 Å². The van der Waals surface area contributed by atoms with E-state index in [0.717, 1.165) is 9.13 Å². The van der Waals surface area contributed by atoms with E-state index in [4.69, 9.17) is 0 Å². The van der Waals surface area contributed by atoms with Crippen LogP contribution in [0.4, 0.5) is 0 Å². The number of halogens is 1. The molecule has 0 radical (unpaired) electrons. The lowest BCUT2D eigenvalue weighted by molar-refractivity contribution is -0.140. The van der Waals surface area contributed by atoms with Gasteiger partial charge >= 0.3 is 0 Å². The molecule has 0 spiro atoms. The van der Waals surface area contributed by atoms with Crippen molar-refractivity contribution in [2.24, 2.45) is 35.5 Å². The maximum atomic E-state index is 12.8. The zero-order valence-electron chi connectivity index (χ0n) is 12.0. The summed E-state index contributed by atoms with van der Waals surface area (Å²) in [4.78, 5) is 27.2. The molecule has 6 atom stereocenters. The summed E-state index contributed by atoms with van der Waals surface area (Å²) in [7, 11) is 0. The zero-order chi connectivity index (χ0) is 15.0. The predicted octanol–water partition coefficient (Wildman–Crippen LogP) is 2.84. The third kappa shape index (κ3) is 1.67. The van der Waals surface area contributed by atoms with E-state index >= 15 is 0 Å². The molecular weight excluding hydrogens is 389 g/mol. The summed E-state index contributed by atoms with van der Waals surface area (Å²) < 4.78 is 1.16. The lowest BCUT2D eigenvalue weighted by Crippen LogP contribution is -2.40. The van der Waals surface area contributed by atoms with Crippen LogP contribution in [0.25, 0.3) is 0 Å². The van der Waals surface area contributed by atoms with Crippen LogP contribution in [0, 0.1) is 39.1 Å². The van der Waals surface area contributed by atoms with Crippen molar-refractivity contribution in [1.29, 1.82) is 0 Å². The standard InChI is InChI=1S/C18H16INO2/c19-10-3-1-9(2-4-10)8-20-17(21)15-11-5-6-12(14-7-13(11)14)16(15)18(20)22/h1-6,11-16H,7-8H2/t11-,12-,13-,14-,15+,16+/m0/s1. The molecule has 3 fully saturated rings. The number of imide groups is 1. The first-order chi connectivity index (χ1) is 10.6. The van der Waals surface area contributed by atoms with Gasteiger partial charge in [-0.25, -0.2) is 0 Å². The summed E-state index contributed by atoms with van der Waals surface area (Å²) in [6, 6.07) is 8.06. The van der Waals surface area contributed by atoms with Crippen molar-refractivity contribution in [3.8, 4) is 0 Å². The molecule has 3 nitrogen and oxygen atoms in total. The van der Waals surface area contributed by atoms with Crippen LogP contribution in [0.15, 0.2) is 36.4 Å². The van der Waals surface area contributed by atoms with Crippen LogP contribution in [0.3, 0.4) is 0 Å². The Kier molecular flexibility index (Phi) is 2.68.